The molecule has 18 heavy (non-hydrogen) atoms. The van der Waals surface area contributed by atoms with Gasteiger partial charge in [-0.3, -0.25) is 4.52 Å². The van der Waals surface area contributed by atoms with Gasteiger partial charge in [-0.15, -0.1) is 0 Å². The zero-order valence-electron chi connectivity index (χ0n) is 9.52. The van der Waals surface area contributed by atoms with Crippen molar-refractivity contribution in [2.24, 2.45) is 0 Å². The van der Waals surface area contributed by atoms with Gasteiger partial charge in [0.15, 0.2) is 11.5 Å². The van der Waals surface area contributed by atoms with Crippen LogP contribution in [0.2, 0.25) is 0 Å². The Morgan fingerprint density at radius 3 is 2.89 bits per heavy atom. The summed E-state index contributed by atoms with van der Waals surface area (Å²) in [5.74, 6) is 0.592. The summed E-state index contributed by atoms with van der Waals surface area (Å²) >= 11 is 0. The molecule has 2 rings (SSSR count). The van der Waals surface area contributed by atoms with E-state index in [1.807, 2.05) is 0 Å². The Hall–Kier alpha value is -1.54. The number of phosphoric ester groups is 1. The van der Waals surface area contributed by atoms with E-state index in [2.05, 4.69) is 24.8 Å². The summed E-state index contributed by atoms with van der Waals surface area (Å²) in [5.41, 5.74) is 1.17. The molecule has 0 aromatic carbocycles. The number of fused-ring (bicyclic) bond motifs is 1. The highest BCUT2D eigenvalue weighted by Crippen LogP contribution is 2.35. The Kier molecular flexibility index (Phi) is 3.58. The fourth-order valence-electron chi connectivity index (χ4n) is 1.49. The van der Waals surface area contributed by atoms with Crippen LogP contribution in [0, 0.1) is 0 Å². The molecule has 2 heterocycles. The van der Waals surface area contributed by atoms with Crippen LogP contribution >= 0.6 is 7.82 Å². The fourth-order valence-corrected chi connectivity index (χ4v) is 1.80. The van der Waals surface area contributed by atoms with Crippen LogP contribution in [0.4, 0.5) is 5.82 Å². The largest absolute Gasteiger partial charge is 0.469 e. The number of rotatable bonds is 5. The van der Waals surface area contributed by atoms with E-state index in [-0.39, 0.29) is 13.2 Å². The van der Waals surface area contributed by atoms with Crippen LogP contribution in [0.5, 0.6) is 0 Å². The summed E-state index contributed by atoms with van der Waals surface area (Å²) in [6, 6.07) is 0. The highest BCUT2D eigenvalue weighted by Gasteiger charge is 2.14. The van der Waals surface area contributed by atoms with Crippen LogP contribution in [-0.2, 0) is 15.6 Å². The second-order valence-corrected chi connectivity index (χ2v) is 4.65. The minimum absolute atomic E-state index is 0.130. The second-order valence-electron chi connectivity index (χ2n) is 3.41. The van der Waals surface area contributed by atoms with E-state index in [9.17, 15) is 4.57 Å². The molecular weight excluding hydrogens is 261 g/mol. The summed E-state index contributed by atoms with van der Waals surface area (Å²) in [6.45, 7) is 0.108. The van der Waals surface area contributed by atoms with Crippen LogP contribution in [0.25, 0.3) is 11.2 Å². The van der Waals surface area contributed by atoms with Crippen molar-refractivity contribution in [3.63, 3.8) is 0 Å². The third-order valence-electron chi connectivity index (χ3n) is 2.23. The predicted molar refractivity (Wildman–Crippen MR) is 62.9 cm³/mol. The first-order valence-electron chi connectivity index (χ1n) is 5.05. The summed E-state index contributed by atoms with van der Waals surface area (Å²) in [6.07, 6.45) is 2.90. The summed E-state index contributed by atoms with van der Waals surface area (Å²) in [7, 11) is -2.72. The highest BCUT2D eigenvalue weighted by molar-refractivity contribution is 7.46. The number of phosphoric acid groups is 1. The molecule has 0 radical (unpaired) electrons. The minimum atomic E-state index is -4.44. The van der Waals surface area contributed by atoms with E-state index in [1.54, 1.807) is 11.6 Å². The van der Waals surface area contributed by atoms with Gasteiger partial charge >= 0.3 is 7.82 Å². The van der Waals surface area contributed by atoms with Crippen molar-refractivity contribution in [3.05, 3.63) is 12.7 Å². The van der Waals surface area contributed by atoms with Gasteiger partial charge in [0.2, 0.25) is 0 Å². The first-order valence-corrected chi connectivity index (χ1v) is 6.58. The lowest BCUT2D eigenvalue weighted by Crippen LogP contribution is -2.05. The Morgan fingerprint density at radius 1 is 1.44 bits per heavy atom. The standard InChI is InChI=1S/C8H12N5O4P/c1-9-7-6-8(11-4-10-7)13(5-12-6)2-3-17-18(14,15)16/h4-5H,2-3H2,1H3,(H,9,10,11)(H2,14,15,16). The van der Waals surface area contributed by atoms with Crippen molar-refractivity contribution in [3.8, 4) is 0 Å². The molecule has 2 aromatic heterocycles. The number of aromatic nitrogens is 4. The molecule has 3 N–H and O–H groups in total. The second kappa shape index (κ2) is 4.99. The Bertz CT molecular complexity index is 594. The van der Waals surface area contributed by atoms with Crippen molar-refractivity contribution in [2.45, 2.75) is 6.54 Å². The molecule has 9 nitrogen and oxygen atoms in total. The van der Waals surface area contributed by atoms with Crippen LogP contribution < -0.4 is 5.32 Å². The summed E-state index contributed by atoms with van der Waals surface area (Å²) < 4.78 is 16.5. The zero-order chi connectivity index (χ0) is 13.2. The average Bonchev–Trinajstić information content (AvgIpc) is 2.71. The molecule has 0 bridgehead atoms. The van der Waals surface area contributed by atoms with Crippen LogP contribution in [0.3, 0.4) is 0 Å². The predicted octanol–water partition coefficient (Wildman–Crippen LogP) is -0.0227. The topological polar surface area (TPSA) is 122 Å². The summed E-state index contributed by atoms with van der Waals surface area (Å²) in [5, 5.41) is 2.88. The number of imidazole rings is 1. The van der Waals surface area contributed by atoms with Gasteiger partial charge in [-0.05, 0) is 0 Å². The molecule has 0 aliphatic carbocycles. The van der Waals surface area contributed by atoms with Crippen LogP contribution in [0.15, 0.2) is 12.7 Å². The highest BCUT2D eigenvalue weighted by atomic mass is 31.2. The van der Waals surface area contributed by atoms with Gasteiger partial charge in [0.05, 0.1) is 12.9 Å². The molecule has 0 unspecified atom stereocenters. The van der Waals surface area contributed by atoms with E-state index in [1.165, 1.54) is 12.7 Å². The maximum Gasteiger partial charge on any atom is 0.469 e. The number of hydrogen-bond acceptors (Lipinski definition) is 6. The van der Waals surface area contributed by atoms with E-state index in [4.69, 9.17) is 9.79 Å². The lowest BCUT2D eigenvalue weighted by atomic mass is 10.5. The number of anilines is 1. The maximum absolute atomic E-state index is 10.5. The Labute approximate surface area is 102 Å². The molecule has 0 aliphatic rings. The van der Waals surface area contributed by atoms with Crippen molar-refractivity contribution < 1.29 is 18.9 Å². The lowest BCUT2D eigenvalue weighted by Gasteiger charge is -2.06. The van der Waals surface area contributed by atoms with E-state index < -0.39 is 7.82 Å². The first-order chi connectivity index (χ1) is 8.51. The molecular formula is C8H12N5O4P. The molecule has 0 saturated carbocycles. The first kappa shape index (κ1) is 12.9. The Morgan fingerprint density at radius 2 is 2.22 bits per heavy atom. The molecule has 0 spiro atoms. The molecule has 0 amide bonds. The fraction of sp³-hybridized carbons (Fsp3) is 0.375. The smallest absolute Gasteiger partial charge is 0.371 e. The third-order valence-corrected chi connectivity index (χ3v) is 2.75. The van der Waals surface area contributed by atoms with E-state index in [0.717, 1.165) is 0 Å². The van der Waals surface area contributed by atoms with Crippen molar-refractivity contribution in [1.29, 1.82) is 0 Å². The molecule has 0 saturated heterocycles. The zero-order valence-corrected chi connectivity index (χ0v) is 10.4. The van der Waals surface area contributed by atoms with Crippen molar-refractivity contribution >= 4 is 24.8 Å². The number of nitrogens with one attached hydrogen (secondary N) is 1. The molecule has 0 fully saturated rings. The lowest BCUT2D eigenvalue weighted by molar-refractivity contribution is 0.191. The Balaban J connectivity index is 2.17. The van der Waals surface area contributed by atoms with Gasteiger partial charge in [0.25, 0.3) is 0 Å². The SMILES string of the molecule is CNc1ncnc2c1ncn2CCOP(=O)(O)O. The average molecular weight is 273 g/mol. The molecule has 98 valence electrons. The summed E-state index contributed by atoms with van der Waals surface area (Å²) in [4.78, 5) is 29.3. The van der Waals surface area contributed by atoms with Gasteiger partial charge in [-0.25, -0.2) is 19.5 Å². The van der Waals surface area contributed by atoms with E-state index >= 15 is 0 Å². The van der Waals surface area contributed by atoms with Gasteiger partial charge < -0.3 is 19.7 Å². The van der Waals surface area contributed by atoms with Gasteiger partial charge in [0.1, 0.15) is 11.8 Å². The van der Waals surface area contributed by atoms with Crippen LogP contribution in [0.1, 0.15) is 0 Å². The third kappa shape index (κ3) is 2.82. The van der Waals surface area contributed by atoms with Gasteiger partial charge in [0, 0.05) is 13.6 Å². The molecule has 0 atom stereocenters. The normalized spacial score (nSPS) is 11.9. The van der Waals surface area contributed by atoms with Crippen molar-refractivity contribution in [1.82, 2.24) is 19.5 Å². The maximum atomic E-state index is 10.5. The molecule has 2 aromatic rings. The minimum Gasteiger partial charge on any atom is -0.371 e. The van der Waals surface area contributed by atoms with Crippen LogP contribution in [-0.4, -0.2) is 43.0 Å². The number of nitrogens with zero attached hydrogens (tertiary/aromatic N) is 4. The van der Waals surface area contributed by atoms with E-state index in [0.29, 0.717) is 17.0 Å². The monoisotopic (exact) mass is 273 g/mol. The molecule has 0 aliphatic heterocycles. The molecule has 10 heteroatoms. The van der Waals surface area contributed by atoms with Crippen molar-refractivity contribution in [2.75, 3.05) is 19.0 Å². The van der Waals surface area contributed by atoms with Gasteiger partial charge in [-0.2, -0.15) is 0 Å². The quantitative estimate of drug-likeness (QED) is 0.649. The van der Waals surface area contributed by atoms with Gasteiger partial charge in [-0.1, -0.05) is 0 Å². The number of hydrogen-bond donors (Lipinski definition) is 3.